The highest BCUT2D eigenvalue weighted by Crippen LogP contribution is 2.25. The van der Waals surface area contributed by atoms with Crippen molar-refractivity contribution in [2.24, 2.45) is 5.92 Å². The molecule has 1 atom stereocenters. The first-order valence-electron chi connectivity index (χ1n) is 7.23. The Kier molecular flexibility index (Phi) is 4.92. The van der Waals surface area contributed by atoms with Crippen LogP contribution in [-0.2, 0) is 0 Å². The lowest BCUT2D eigenvalue weighted by Gasteiger charge is -2.15. The Labute approximate surface area is 116 Å². The van der Waals surface area contributed by atoms with Gasteiger partial charge in [-0.25, -0.2) is 0 Å². The number of fused-ring (bicyclic) bond motifs is 1. The normalized spacial score (nSPS) is 13.1. The summed E-state index contributed by atoms with van der Waals surface area (Å²) in [4.78, 5) is 4.54. The molecule has 0 aliphatic carbocycles. The van der Waals surface area contributed by atoms with Gasteiger partial charge in [0, 0.05) is 11.6 Å². The van der Waals surface area contributed by atoms with Crippen molar-refractivity contribution in [3.63, 3.8) is 0 Å². The molecule has 1 heterocycles. The monoisotopic (exact) mass is 256 g/mol. The summed E-state index contributed by atoms with van der Waals surface area (Å²) in [5.74, 6) is 1.26. The number of hydrogen-bond acceptors (Lipinski definition) is 2. The van der Waals surface area contributed by atoms with E-state index < -0.39 is 0 Å². The molecule has 0 amide bonds. The smallest absolute Gasteiger partial charge is 0.0736 e. The Bertz CT molecular complexity index is 514. The highest BCUT2D eigenvalue weighted by molar-refractivity contribution is 5.81. The van der Waals surface area contributed by atoms with E-state index in [0.717, 1.165) is 30.9 Å². The van der Waals surface area contributed by atoms with E-state index in [2.05, 4.69) is 55.3 Å². The standard InChI is InChI=1S/C17H24N2/c1-13(2)12-18-11-9-14(3)16-8-4-6-15-7-5-10-19-17(15)16/h4-8,10,13-14,18H,9,11-12H2,1-3H3. The van der Waals surface area contributed by atoms with Gasteiger partial charge in [-0.3, -0.25) is 4.98 Å². The highest BCUT2D eigenvalue weighted by atomic mass is 14.8. The minimum absolute atomic E-state index is 0.540. The van der Waals surface area contributed by atoms with Crippen molar-refractivity contribution < 1.29 is 0 Å². The summed E-state index contributed by atoms with van der Waals surface area (Å²) >= 11 is 0. The summed E-state index contributed by atoms with van der Waals surface area (Å²) in [5.41, 5.74) is 2.52. The second kappa shape index (κ2) is 6.67. The van der Waals surface area contributed by atoms with Gasteiger partial charge in [0.1, 0.15) is 0 Å². The van der Waals surface area contributed by atoms with E-state index >= 15 is 0 Å². The predicted molar refractivity (Wildman–Crippen MR) is 82.5 cm³/mol. The number of hydrogen-bond donors (Lipinski definition) is 1. The van der Waals surface area contributed by atoms with Gasteiger partial charge in [-0.2, -0.15) is 0 Å². The van der Waals surface area contributed by atoms with Gasteiger partial charge in [0.25, 0.3) is 0 Å². The average molecular weight is 256 g/mol. The summed E-state index contributed by atoms with van der Waals surface area (Å²) in [6.07, 6.45) is 3.04. The van der Waals surface area contributed by atoms with Gasteiger partial charge in [0.2, 0.25) is 0 Å². The molecule has 0 aliphatic heterocycles. The molecule has 1 aromatic carbocycles. The van der Waals surface area contributed by atoms with Crippen LogP contribution in [0.3, 0.4) is 0 Å². The maximum atomic E-state index is 4.54. The molecule has 0 radical (unpaired) electrons. The molecule has 0 fully saturated rings. The van der Waals surface area contributed by atoms with Gasteiger partial charge in [0.05, 0.1) is 5.52 Å². The summed E-state index contributed by atoms with van der Waals surface area (Å²) in [7, 11) is 0. The second-order valence-electron chi connectivity index (χ2n) is 5.71. The lowest BCUT2D eigenvalue weighted by Crippen LogP contribution is -2.21. The lowest BCUT2D eigenvalue weighted by molar-refractivity contribution is 0.525. The van der Waals surface area contributed by atoms with Crippen LogP contribution in [0, 0.1) is 5.92 Å². The number of pyridine rings is 1. The van der Waals surface area contributed by atoms with Gasteiger partial charge in [-0.1, -0.05) is 45.0 Å². The Balaban J connectivity index is 2.03. The third-order valence-electron chi connectivity index (χ3n) is 3.50. The topological polar surface area (TPSA) is 24.9 Å². The number of para-hydroxylation sites is 1. The zero-order valence-electron chi connectivity index (χ0n) is 12.2. The first-order valence-corrected chi connectivity index (χ1v) is 7.23. The van der Waals surface area contributed by atoms with Crippen molar-refractivity contribution in [3.05, 3.63) is 42.1 Å². The maximum Gasteiger partial charge on any atom is 0.0736 e. The molecule has 0 aliphatic rings. The van der Waals surface area contributed by atoms with Gasteiger partial charge >= 0.3 is 0 Å². The Morgan fingerprint density at radius 1 is 1.11 bits per heavy atom. The van der Waals surface area contributed by atoms with Crippen LogP contribution in [0.25, 0.3) is 10.9 Å². The Hall–Kier alpha value is -1.41. The summed E-state index contributed by atoms with van der Waals surface area (Å²) in [6, 6.07) is 10.6. The minimum Gasteiger partial charge on any atom is -0.316 e. The van der Waals surface area contributed by atoms with E-state index in [1.807, 2.05) is 12.3 Å². The first-order chi connectivity index (χ1) is 9.18. The van der Waals surface area contributed by atoms with Crippen LogP contribution in [0.2, 0.25) is 0 Å². The minimum atomic E-state index is 0.540. The lowest BCUT2D eigenvalue weighted by atomic mass is 9.95. The zero-order valence-corrected chi connectivity index (χ0v) is 12.2. The van der Waals surface area contributed by atoms with Crippen molar-refractivity contribution in [2.45, 2.75) is 33.1 Å². The predicted octanol–water partition coefficient (Wildman–Crippen LogP) is 3.97. The van der Waals surface area contributed by atoms with E-state index in [1.54, 1.807) is 0 Å². The maximum absolute atomic E-state index is 4.54. The SMILES string of the molecule is CC(C)CNCCC(C)c1cccc2cccnc12. The van der Waals surface area contributed by atoms with Crippen LogP contribution >= 0.6 is 0 Å². The number of aromatic nitrogens is 1. The van der Waals surface area contributed by atoms with Gasteiger partial charge in [-0.05, 0) is 43.0 Å². The molecule has 102 valence electrons. The average Bonchev–Trinajstić information content (AvgIpc) is 2.42. The quantitative estimate of drug-likeness (QED) is 0.791. The van der Waals surface area contributed by atoms with E-state index in [9.17, 15) is 0 Å². The molecule has 0 spiro atoms. The van der Waals surface area contributed by atoms with E-state index in [0.29, 0.717) is 5.92 Å². The Morgan fingerprint density at radius 3 is 2.68 bits per heavy atom. The van der Waals surface area contributed by atoms with E-state index in [-0.39, 0.29) is 0 Å². The molecule has 2 heteroatoms. The molecule has 1 aromatic heterocycles. The molecular weight excluding hydrogens is 232 g/mol. The molecule has 2 rings (SSSR count). The highest BCUT2D eigenvalue weighted by Gasteiger charge is 2.09. The van der Waals surface area contributed by atoms with Crippen LogP contribution < -0.4 is 5.32 Å². The van der Waals surface area contributed by atoms with Crippen LogP contribution in [0.4, 0.5) is 0 Å². The molecule has 0 saturated heterocycles. The van der Waals surface area contributed by atoms with E-state index in [4.69, 9.17) is 0 Å². The van der Waals surface area contributed by atoms with Crippen molar-refractivity contribution in [1.82, 2.24) is 10.3 Å². The number of rotatable bonds is 6. The number of nitrogens with one attached hydrogen (secondary N) is 1. The molecule has 2 aromatic rings. The third kappa shape index (κ3) is 3.77. The molecule has 1 unspecified atom stereocenters. The van der Waals surface area contributed by atoms with Crippen molar-refractivity contribution in [3.8, 4) is 0 Å². The van der Waals surface area contributed by atoms with Crippen LogP contribution in [0.15, 0.2) is 36.5 Å². The fourth-order valence-electron chi connectivity index (χ4n) is 2.39. The van der Waals surface area contributed by atoms with Crippen LogP contribution in [0.1, 0.15) is 38.7 Å². The third-order valence-corrected chi connectivity index (χ3v) is 3.50. The Morgan fingerprint density at radius 2 is 1.89 bits per heavy atom. The van der Waals surface area contributed by atoms with Crippen molar-refractivity contribution >= 4 is 10.9 Å². The van der Waals surface area contributed by atoms with Crippen LogP contribution in [0.5, 0.6) is 0 Å². The molecule has 2 nitrogen and oxygen atoms in total. The molecule has 19 heavy (non-hydrogen) atoms. The van der Waals surface area contributed by atoms with E-state index in [1.165, 1.54) is 10.9 Å². The zero-order chi connectivity index (χ0) is 13.7. The molecular formula is C17H24N2. The molecule has 1 N–H and O–H groups in total. The fourth-order valence-corrected chi connectivity index (χ4v) is 2.39. The van der Waals surface area contributed by atoms with Gasteiger partial charge in [-0.15, -0.1) is 0 Å². The summed E-state index contributed by atoms with van der Waals surface area (Å²) in [6.45, 7) is 8.94. The first kappa shape index (κ1) is 14.0. The number of nitrogens with zero attached hydrogens (tertiary/aromatic N) is 1. The van der Waals surface area contributed by atoms with Gasteiger partial charge in [0.15, 0.2) is 0 Å². The molecule has 0 saturated carbocycles. The van der Waals surface area contributed by atoms with Crippen LogP contribution in [-0.4, -0.2) is 18.1 Å². The summed E-state index contributed by atoms with van der Waals surface area (Å²) < 4.78 is 0. The van der Waals surface area contributed by atoms with Gasteiger partial charge < -0.3 is 5.32 Å². The fraction of sp³-hybridized carbons (Fsp3) is 0.471. The largest absolute Gasteiger partial charge is 0.316 e. The summed E-state index contributed by atoms with van der Waals surface area (Å²) in [5, 5.41) is 4.75. The molecule has 0 bridgehead atoms. The van der Waals surface area contributed by atoms with Crippen molar-refractivity contribution in [2.75, 3.05) is 13.1 Å². The van der Waals surface area contributed by atoms with Crippen molar-refractivity contribution in [1.29, 1.82) is 0 Å². The number of benzene rings is 1. The second-order valence-corrected chi connectivity index (χ2v) is 5.71.